The van der Waals surface area contributed by atoms with Gasteiger partial charge < -0.3 is 10.1 Å². The Morgan fingerprint density at radius 2 is 1.80 bits per heavy atom. The minimum absolute atomic E-state index is 0.0180. The van der Waals surface area contributed by atoms with E-state index in [1.165, 1.54) is 5.56 Å². The number of methoxy groups -OCH3 is 1. The number of amides is 1. The van der Waals surface area contributed by atoms with Gasteiger partial charge in [-0.15, -0.1) is 5.10 Å². The minimum atomic E-state index is -0.0180. The first-order valence-electron chi connectivity index (χ1n) is 8.09. The molecule has 1 aromatic heterocycles. The number of nitrogens with zero attached hydrogens (tertiary/aromatic N) is 3. The van der Waals surface area contributed by atoms with Crippen LogP contribution in [-0.4, -0.2) is 27.8 Å². The van der Waals surface area contributed by atoms with Crippen molar-refractivity contribution < 1.29 is 9.53 Å². The van der Waals surface area contributed by atoms with Crippen LogP contribution in [-0.2, 0) is 4.79 Å². The molecule has 0 unspecified atom stereocenters. The number of aryl methyl sites for hydroxylation is 1. The van der Waals surface area contributed by atoms with Crippen LogP contribution in [0.3, 0.4) is 0 Å². The highest BCUT2D eigenvalue weighted by Gasteiger charge is 2.14. The van der Waals surface area contributed by atoms with Gasteiger partial charge >= 0.3 is 6.01 Å². The molecule has 0 aliphatic heterocycles. The Balaban J connectivity index is 1.97. The smallest absolute Gasteiger partial charge is 0.336 e. The van der Waals surface area contributed by atoms with Crippen molar-refractivity contribution in [2.24, 2.45) is 0 Å². The molecule has 0 bridgehead atoms. The van der Waals surface area contributed by atoms with Gasteiger partial charge in [-0.3, -0.25) is 4.79 Å². The zero-order chi connectivity index (χ0) is 17.8. The highest BCUT2D eigenvalue weighted by molar-refractivity contribution is 5.90. The minimum Gasteiger partial charge on any atom is -0.466 e. The van der Waals surface area contributed by atoms with Crippen LogP contribution >= 0.6 is 0 Å². The van der Waals surface area contributed by atoms with E-state index in [1.54, 1.807) is 11.8 Å². The number of hydrogen-bond donors (Lipinski definition) is 1. The van der Waals surface area contributed by atoms with Gasteiger partial charge in [0.25, 0.3) is 0 Å². The maximum atomic E-state index is 11.5. The molecule has 0 saturated carbocycles. The molecule has 3 rings (SSSR count). The van der Waals surface area contributed by atoms with Gasteiger partial charge in [0.1, 0.15) is 0 Å². The molecule has 0 spiro atoms. The summed E-state index contributed by atoms with van der Waals surface area (Å²) in [6, 6.07) is 15.8. The molecule has 25 heavy (non-hydrogen) atoms. The third-order valence-electron chi connectivity index (χ3n) is 3.80. The Morgan fingerprint density at radius 1 is 1.12 bits per heavy atom. The van der Waals surface area contributed by atoms with E-state index in [0.29, 0.717) is 18.3 Å². The van der Waals surface area contributed by atoms with Crippen LogP contribution < -0.4 is 10.1 Å². The van der Waals surface area contributed by atoms with Gasteiger partial charge in [0.05, 0.1) is 12.8 Å². The molecule has 0 atom stereocenters. The van der Waals surface area contributed by atoms with E-state index < -0.39 is 0 Å². The van der Waals surface area contributed by atoms with Gasteiger partial charge in [0.2, 0.25) is 5.91 Å². The first-order valence-corrected chi connectivity index (χ1v) is 8.09. The molecule has 1 heterocycles. The van der Waals surface area contributed by atoms with Crippen molar-refractivity contribution in [1.29, 1.82) is 0 Å². The second-order valence-corrected chi connectivity index (χ2v) is 5.65. The van der Waals surface area contributed by atoms with Gasteiger partial charge in [-0.05, 0) is 31.2 Å². The maximum Gasteiger partial charge on any atom is 0.336 e. The van der Waals surface area contributed by atoms with Crippen LogP contribution in [0.25, 0.3) is 17.1 Å². The summed E-state index contributed by atoms with van der Waals surface area (Å²) in [5.74, 6) is 0.678. The molecule has 1 N–H and O–H groups in total. The fraction of sp³-hybridized carbons (Fsp3) is 0.211. The van der Waals surface area contributed by atoms with Crippen molar-refractivity contribution in [2.45, 2.75) is 20.3 Å². The van der Waals surface area contributed by atoms with E-state index in [1.807, 2.05) is 62.4 Å². The van der Waals surface area contributed by atoms with E-state index in [2.05, 4.69) is 15.4 Å². The van der Waals surface area contributed by atoms with Gasteiger partial charge in [-0.2, -0.15) is 4.98 Å². The number of anilines is 1. The molecule has 128 valence electrons. The van der Waals surface area contributed by atoms with Crippen LogP contribution in [0.2, 0.25) is 0 Å². The van der Waals surface area contributed by atoms with E-state index in [9.17, 15) is 4.79 Å². The first kappa shape index (κ1) is 16.7. The Hall–Kier alpha value is -3.15. The Labute approximate surface area is 146 Å². The summed E-state index contributed by atoms with van der Waals surface area (Å²) in [5.41, 5.74) is 3.71. The molecule has 6 nitrogen and oxygen atoms in total. The normalized spacial score (nSPS) is 10.5. The SMILES string of the molecule is CCC(=O)Nc1ccc(-n2nc(OC)nc2-c2ccc(C)cc2)cc1. The van der Waals surface area contributed by atoms with Crippen LogP contribution in [0.4, 0.5) is 5.69 Å². The number of carbonyl (C=O) groups is 1. The summed E-state index contributed by atoms with van der Waals surface area (Å²) in [5, 5.41) is 7.23. The molecule has 3 aromatic rings. The van der Waals surface area contributed by atoms with Crippen molar-refractivity contribution in [2.75, 3.05) is 12.4 Å². The predicted octanol–water partition coefficient (Wildman–Crippen LogP) is 3.60. The third kappa shape index (κ3) is 3.68. The fourth-order valence-electron chi connectivity index (χ4n) is 2.38. The molecule has 0 radical (unpaired) electrons. The predicted molar refractivity (Wildman–Crippen MR) is 97.0 cm³/mol. The monoisotopic (exact) mass is 336 g/mol. The topological polar surface area (TPSA) is 69.0 Å². The maximum absolute atomic E-state index is 11.5. The van der Waals surface area contributed by atoms with Crippen LogP contribution in [0.15, 0.2) is 48.5 Å². The zero-order valence-electron chi connectivity index (χ0n) is 14.5. The van der Waals surface area contributed by atoms with E-state index in [-0.39, 0.29) is 5.91 Å². The average Bonchev–Trinajstić information content (AvgIpc) is 3.07. The van der Waals surface area contributed by atoms with Crippen LogP contribution in [0, 0.1) is 6.92 Å². The van der Waals surface area contributed by atoms with Crippen molar-refractivity contribution in [3.05, 3.63) is 54.1 Å². The molecule has 0 fully saturated rings. The summed E-state index contributed by atoms with van der Waals surface area (Å²) < 4.78 is 6.92. The van der Waals surface area contributed by atoms with Crippen LogP contribution in [0.5, 0.6) is 6.01 Å². The third-order valence-corrected chi connectivity index (χ3v) is 3.80. The number of hydrogen-bond acceptors (Lipinski definition) is 4. The highest BCUT2D eigenvalue weighted by atomic mass is 16.5. The van der Waals surface area contributed by atoms with Crippen molar-refractivity contribution >= 4 is 11.6 Å². The number of rotatable bonds is 5. The van der Waals surface area contributed by atoms with Crippen molar-refractivity contribution in [3.8, 4) is 23.1 Å². The summed E-state index contributed by atoms with van der Waals surface area (Å²) in [7, 11) is 1.54. The van der Waals surface area contributed by atoms with E-state index in [4.69, 9.17) is 4.74 Å². The molecule has 1 amide bonds. The Morgan fingerprint density at radius 3 is 2.40 bits per heavy atom. The lowest BCUT2D eigenvalue weighted by Gasteiger charge is -2.08. The summed E-state index contributed by atoms with van der Waals surface area (Å²) in [6.45, 7) is 3.86. The number of ether oxygens (including phenoxy) is 1. The highest BCUT2D eigenvalue weighted by Crippen LogP contribution is 2.24. The van der Waals surface area contributed by atoms with E-state index in [0.717, 1.165) is 16.9 Å². The zero-order valence-corrected chi connectivity index (χ0v) is 14.5. The number of benzene rings is 2. The number of nitrogens with one attached hydrogen (secondary N) is 1. The molecule has 2 aromatic carbocycles. The van der Waals surface area contributed by atoms with Crippen LogP contribution in [0.1, 0.15) is 18.9 Å². The Bertz CT molecular complexity index is 867. The van der Waals surface area contributed by atoms with E-state index >= 15 is 0 Å². The summed E-state index contributed by atoms with van der Waals surface area (Å²) in [6.07, 6.45) is 0.444. The molecule has 6 heteroatoms. The lowest BCUT2D eigenvalue weighted by molar-refractivity contribution is -0.115. The van der Waals surface area contributed by atoms with Gasteiger partial charge in [0, 0.05) is 17.7 Å². The standard InChI is InChI=1S/C19H20N4O2/c1-4-17(24)20-15-9-11-16(12-10-15)23-18(21-19(22-23)25-3)14-7-5-13(2)6-8-14/h5-12H,4H2,1-3H3,(H,20,24). The number of aromatic nitrogens is 3. The summed E-state index contributed by atoms with van der Waals surface area (Å²) in [4.78, 5) is 15.9. The average molecular weight is 336 g/mol. The lowest BCUT2D eigenvalue weighted by atomic mass is 10.1. The van der Waals surface area contributed by atoms with Crippen molar-refractivity contribution in [3.63, 3.8) is 0 Å². The van der Waals surface area contributed by atoms with Gasteiger partial charge in [0.15, 0.2) is 5.82 Å². The Kier molecular flexibility index (Phi) is 4.79. The van der Waals surface area contributed by atoms with Crippen molar-refractivity contribution in [1.82, 2.24) is 14.8 Å². The molecular formula is C19H20N4O2. The second-order valence-electron chi connectivity index (χ2n) is 5.65. The fourth-order valence-corrected chi connectivity index (χ4v) is 2.38. The summed E-state index contributed by atoms with van der Waals surface area (Å²) >= 11 is 0. The lowest BCUT2D eigenvalue weighted by Crippen LogP contribution is -2.09. The number of carbonyl (C=O) groups excluding carboxylic acids is 1. The first-order chi connectivity index (χ1) is 12.1. The molecule has 0 aliphatic carbocycles. The molecule has 0 saturated heterocycles. The molecular weight excluding hydrogens is 316 g/mol. The largest absolute Gasteiger partial charge is 0.466 e. The van der Waals surface area contributed by atoms with Gasteiger partial charge in [-0.1, -0.05) is 36.8 Å². The quantitative estimate of drug-likeness (QED) is 0.773. The second kappa shape index (κ2) is 7.17. The molecule has 0 aliphatic rings. The van der Waals surface area contributed by atoms with Gasteiger partial charge in [-0.25, -0.2) is 4.68 Å².